The zero-order valence-electron chi connectivity index (χ0n) is 14.6. The average molecular weight is 401 g/mol. The van der Waals surface area contributed by atoms with Crippen molar-refractivity contribution in [3.05, 3.63) is 36.5 Å². The fourth-order valence-electron chi connectivity index (χ4n) is 2.45. The highest BCUT2D eigenvalue weighted by Gasteiger charge is 2.08. The van der Waals surface area contributed by atoms with Crippen LogP contribution in [0.2, 0.25) is 0 Å². The summed E-state index contributed by atoms with van der Waals surface area (Å²) in [5, 5.41) is 6.40. The molecule has 0 aliphatic carbocycles. The van der Waals surface area contributed by atoms with Crippen LogP contribution in [-0.2, 0) is 9.59 Å². The number of carbonyl (C=O) groups excluding carboxylic acids is 2. The Hall–Kier alpha value is -1.89. The van der Waals surface area contributed by atoms with Crippen LogP contribution in [0, 0.1) is 0 Å². The van der Waals surface area contributed by atoms with E-state index in [1.807, 2.05) is 24.3 Å². The van der Waals surface area contributed by atoms with Crippen LogP contribution in [0.25, 0.3) is 10.9 Å². The fraction of sp³-hybridized carbons (Fsp3) is 0.389. The lowest BCUT2D eigenvalue weighted by molar-refractivity contribution is -0.124. The number of nitrogens with two attached hydrogens (primary N) is 1. The van der Waals surface area contributed by atoms with Crippen LogP contribution in [0.4, 0.5) is 5.69 Å². The lowest BCUT2D eigenvalue weighted by Crippen LogP contribution is -2.32. The van der Waals surface area contributed by atoms with Crippen molar-refractivity contribution in [1.82, 2.24) is 10.3 Å². The Morgan fingerprint density at radius 3 is 2.46 bits per heavy atom. The van der Waals surface area contributed by atoms with Gasteiger partial charge in [0.1, 0.15) is 0 Å². The maximum Gasteiger partial charge on any atom is 0.243 e. The number of carbonyl (C=O) groups is 2. The first kappa shape index (κ1) is 24.1. The molecule has 26 heavy (non-hydrogen) atoms. The number of anilines is 1. The summed E-state index contributed by atoms with van der Waals surface area (Å²) < 4.78 is 0. The second kappa shape index (κ2) is 13.3. The summed E-state index contributed by atoms with van der Waals surface area (Å²) in [5.41, 5.74) is 6.80. The van der Waals surface area contributed by atoms with E-state index in [9.17, 15) is 9.59 Å². The molecule has 4 N–H and O–H groups in total. The predicted octanol–water partition coefficient (Wildman–Crippen LogP) is 3.04. The number of nitrogens with zero attached hydrogens (tertiary/aromatic N) is 1. The fourth-order valence-corrected chi connectivity index (χ4v) is 2.45. The van der Waals surface area contributed by atoms with Gasteiger partial charge in [-0.25, -0.2) is 0 Å². The molecule has 0 atom stereocenters. The summed E-state index contributed by atoms with van der Waals surface area (Å²) in [5.74, 6) is -0.362. The summed E-state index contributed by atoms with van der Waals surface area (Å²) in [6.07, 6.45) is 5.96. The molecule has 2 rings (SSSR count). The van der Waals surface area contributed by atoms with Crippen LogP contribution in [0.3, 0.4) is 0 Å². The zero-order chi connectivity index (χ0) is 17.2. The van der Waals surface area contributed by atoms with Gasteiger partial charge in [0.25, 0.3) is 0 Å². The molecule has 0 aliphatic heterocycles. The number of halogens is 2. The van der Waals surface area contributed by atoms with Gasteiger partial charge in [-0.1, -0.05) is 31.0 Å². The molecule has 0 saturated carbocycles. The van der Waals surface area contributed by atoms with E-state index in [1.54, 1.807) is 12.3 Å². The third-order valence-electron chi connectivity index (χ3n) is 3.71. The van der Waals surface area contributed by atoms with Crippen LogP contribution in [0.15, 0.2) is 36.5 Å². The topological polar surface area (TPSA) is 97.1 Å². The number of rotatable bonds is 9. The Morgan fingerprint density at radius 1 is 0.962 bits per heavy atom. The van der Waals surface area contributed by atoms with Gasteiger partial charge in [0.05, 0.1) is 17.7 Å². The summed E-state index contributed by atoms with van der Waals surface area (Å²) in [4.78, 5) is 28.0. The molecule has 2 aromatic rings. The molecule has 0 bridgehead atoms. The quantitative estimate of drug-likeness (QED) is 0.563. The lowest BCUT2D eigenvalue weighted by atomic mass is 10.1. The number of unbranched alkanes of at least 4 members (excludes halogenated alkanes) is 3. The number of nitrogens with one attached hydrogen (secondary N) is 2. The molecule has 0 unspecified atom stereocenters. The van der Waals surface area contributed by atoms with Gasteiger partial charge >= 0.3 is 0 Å². The van der Waals surface area contributed by atoms with Gasteiger partial charge in [-0.15, -0.1) is 24.8 Å². The van der Waals surface area contributed by atoms with E-state index in [1.165, 1.54) is 0 Å². The maximum absolute atomic E-state index is 12.0. The number of hydrogen-bond acceptors (Lipinski definition) is 4. The molecular formula is C18H26Cl2N4O2. The predicted molar refractivity (Wildman–Crippen MR) is 110 cm³/mol. The average Bonchev–Trinajstić information content (AvgIpc) is 2.60. The molecule has 8 heteroatoms. The molecule has 1 aromatic heterocycles. The van der Waals surface area contributed by atoms with Crippen molar-refractivity contribution in [3.63, 3.8) is 0 Å². The molecular weight excluding hydrogens is 375 g/mol. The number of pyridine rings is 1. The molecule has 0 fully saturated rings. The molecule has 1 aromatic carbocycles. The first-order valence-electron chi connectivity index (χ1n) is 8.31. The monoisotopic (exact) mass is 400 g/mol. The molecule has 0 radical (unpaired) electrons. The van der Waals surface area contributed by atoms with E-state index in [0.29, 0.717) is 18.7 Å². The highest BCUT2D eigenvalue weighted by atomic mass is 35.5. The number of benzene rings is 1. The first-order valence-corrected chi connectivity index (χ1v) is 8.31. The van der Waals surface area contributed by atoms with Gasteiger partial charge in [-0.2, -0.15) is 0 Å². The Bertz CT molecular complexity index is 692. The third kappa shape index (κ3) is 7.99. The second-order valence-corrected chi connectivity index (χ2v) is 5.66. The lowest BCUT2D eigenvalue weighted by Gasteiger charge is -2.09. The van der Waals surface area contributed by atoms with Gasteiger partial charge in [0.2, 0.25) is 11.8 Å². The van der Waals surface area contributed by atoms with Crippen molar-refractivity contribution < 1.29 is 9.59 Å². The minimum absolute atomic E-state index is 0. The molecule has 1 heterocycles. The van der Waals surface area contributed by atoms with E-state index in [4.69, 9.17) is 5.73 Å². The zero-order valence-corrected chi connectivity index (χ0v) is 16.2. The summed E-state index contributed by atoms with van der Waals surface area (Å²) >= 11 is 0. The van der Waals surface area contributed by atoms with Crippen molar-refractivity contribution in [1.29, 1.82) is 0 Å². The minimum atomic E-state index is -0.260. The maximum atomic E-state index is 12.0. The van der Waals surface area contributed by atoms with Gasteiger partial charge in [-0.05, 0) is 31.5 Å². The second-order valence-electron chi connectivity index (χ2n) is 5.66. The number of amides is 2. The van der Waals surface area contributed by atoms with Crippen molar-refractivity contribution in [2.45, 2.75) is 32.1 Å². The van der Waals surface area contributed by atoms with Crippen LogP contribution in [0.5, 0.6) is 0 Å². The Labute approximate surface area is 166 Å². The van der Waals surface area contributed by atoms with Crippen LogP contribution < -0.4 is 16.4 Å². The molecule has 0 saturated heterocycles. The van der Waals surface area contributed by atoms with Crippen LogP contribution >= 0.6 is 24.8 Å². The summed E-state index contributed by atoms with van der Waals surface area (Å²) in [6, 6.07) is 9.38. The van der Waals surface area contributed by atoms with Crippen molar-refractivity contribution in [2.75, 3.05) is 18.4 Å². The van der Waals surface area contributed by atoms with Crippen molar-refractivity contribution in [3.8, 4) is 0 Å². The highest BCUT2D eigenvalue weighted by Crippen LogP contribution is 2.20. The molecule has 144 valence electrons. The smallest absolute Gasteiger partial charge is 0.243 e. The van der Waals surface area contributed by atoms with E-state index in [-0.39, 0.29) is 43.2 Å². The number of hydrogen-bond donors (Lipinski definition) is 3. The number of fused-ring (bicyclic) bond motifs is 1. The number of para-hydroxylation sites is 1. The number of aromatic nitrogens is 1. The largest absolute Gasteiger partial charge is 0.347 e. The van der Waals surface area contributed by atoms with E-state index in [0.717, 1.165) is 36.6 Å². The normalized spacial score (nSPS) is 9.73. The van der Waals surface area contributed by atoms with E-state index >= 15 is 0 Å². The summed E-state index contributed by atoms with van der Waals surface area (Å²) in [6.45, 7) is 0.653. The molecule has 2 amide bonds. The Balaban J connectivity index is 0.00000312. The Morgan fingerprint density at radius 2 is 1.69 bits per heavy atom. The van der Waals surface area contributed by atoms with Gasteiger partial charge in [0, 0.05) is 18.0 Å². The van der Waals surface area contributed by atoms with Gasteiger partial charge in [0.15, 0.2) is 0 Å². The minimum Gasteiger partial charge on any atom is -0.347 e. The van der Waals surface area contributed by atoms with E-state index in [2.05, 4.69) is 15.6 Å². The molecule has 6 nitrogen and oxygen atoms in total. The van der Waals surface area contributed by atoms with Crippen LogP contribution in [-0.4, -0.2) is 29.9 Å². The Kier molecular flexibility index (Phi) is 12.4. The molecule has 0 spiro atoms. The summed E-state index contributed by atoms with van der Waals surface area (Å²) in [7, 11) is 0. The van der Waals surface area contributed by atoms with Gasteiger partial charge in [-0.3, -0.25) is 14.6 Å². The third-order valence-corrected chi connectivity index (χ3v) is 3.71. The van der Waals surface area contributed by atoms with Crippen molar-refractivity contribution in [2.24, 2.45) is 5.73 Å². The standard InChI is InChI=1S/C18H24N4O2.2ClH/c19-11-4-2-1-3-10-16(23)21-13-17(24)22-15-9-5-7-14-8-6-12-20-18(14)15;;/h5-9,12H,1-4,10-11,13,19H2,(H,21,23)(H,22,24);2*1H. The van der Waals surface area contributed by atoms with E-state index < -0.39 is 0 Å². The van der Waals surface area contributed by atoms with Crippen LogP contribution in [0.1, 0.15) is 32.1 Å². The SMILES string of the molecule is Cl.Cl.NCCCCCCC(=O)NCC(=O)Nc1cccc2cccnc12. The first-order chi connectivity index (χ1) is 11.7. The van der Waals surface area contributed by atoms with Gasteiger partial charge < -0.3 is 16.4 Å². The van der Waals surface area contributed by atoms with Crippen molar-refractivity contribution >= 4 is 53.2 Å². The molecule has 0 aliphatic rings. The highest BCUT2D eigenvalue weighted by molar-refractivity contribution is 6.01.